The zero-order valence-corrected chi connectivity index (χ0v) is 12.4. The van der Waals surface area contributed by atoms with Crippen LogP contribution in [0.2, 0.25) is 0 Å². The molecule has 0 aromatic rings. The molecule has 0 aromatic heterocycles. The van der Waals surface area contributed by atoms with Crippen LogP contribution in [0.25, 0.3) is 0 Å². The van der Waals surface area contributed by atoms with Crippen molar-refractivity contribution in [2.45, 2.75) is 48.5 Å². The summed E-state index contributed by atoms with van der Waals surface area (Å²) in [4.78, 5) is 4.62. The number of rotatable bonds is 2. The number of hydrogen-bond donors (Lipinski definition) is 0. The fourth-order valence-corrected chi connectivity index (χ4v) is 1.47. The van der Waals surface area contributed by atoms with Gasteiger partial charge in [0.25, 0.3) is 0 Å². The van der Waals surface area contributed by atoms with Crippen LogP contribution in [0.15, 0.2) is 40.6 Å². The summed E-state index contributed by atoms with van der Waals surface area (Å²) in [5.74, 6) is 1.01. The Labute approximate surface area is 107 Å². The van der Waals surface area contributed by atoms with Gasteiger partial charge in [0, 0.05) is 17.3 Å². The fourth-order valence-electron chi connectivity index (χ4n) is 1.47. The van der Waals surface area contributed by atoms with E-state index in [0.717, 1.165) is 5.70 Å². The maximum absolute atomic E-state index is 4.62. The molecule has 1 rings (SSSR count). The zero-order chi connectivity index (χ0) is 13.4. The Hall–Kier alpha value is -1.11. The van der Waals surface area contributed by atoms with Crippen LogP contribution in [0.1, 0.15) is 48.5 Å². The summed E-state index contributed by atoms with van der Waals surface area (Å²) in [5, 5.41) is 0. The van der Waals surface area contributed by atoms with E-state index in [0.29, 0.717) is 11.8 Å². The van der Waals surface area contributed by atoms with E-state index in [-0.39, 0.29) is 0 Å². The van der Waals surface area contributed by atoms with E-state index in [4.69, 9.17) is 0 Å². The Kier molecular flexibility index (Phi) is 7.53. The normalized spacial score (nSPS) is 22.4. The van der Waals surface area contributed by atoms with Crippen LogP contribution in [0.5, 0.6) is 0 Å². The van der Waals surface area contributed by atoms with Gasteiger partial charge in [-0.05, 0) is 31.4 Å². The summed E-state index contributed by atoms with van der Waals surface area (Å²) in [6.45, 7) is 14.7. The summed E-state index contributed by atoms with van der Waals surface area (Å²) >= 11 is 0. The van der Waals surface area contributed by atoms with Gasteiger partial charge in [-0.1, -0.05) is 52.8 Å². The van der Waals surface area contributed by atoms with Crippen molar-refractivity contribution in [3.63, 3.8) is 0 Å². The molecule has 1 nitrogen and oxygen atoms in total. The lowest BCUT2D eigenvalue weighted by Crippen LogP contribution is -2.12. The summed E-state index contributed by atoms with van der Waals surface area (Å²) in [7, 11) is 0. The third-order valence-corrected chi connectivity index (χ3v) is 2.75. The average Bonchev–Trinajstić information content (AvgIpc) is 2.34. The predicted molar refractivity (Wildman–Crippen MR) is 79.4 cm³/mol. The van der Waals surface area contributed by atoms with Crippen LogP contribution in [0.3, 0.4) is 0 Å². The predicted octanol–water partition coefficient (Wildman–Crippen LogP) is 5.17. The van der Waals surface area contributed by atoms with Crippen molar-refractivity contribution in [3.8, 4) is 0 Å². The molecule has 0 aliphatic heterocycles. The molecule has 0 aromatic carbocycles. The molecule has 17 heavy (non-hydrogen) atoms. The highest BCUT2D eigenvalue weighted by atomic mass is 14.7. The largest absolute Gasteiger partial charge is 0.258 e. The molecule has 0 radical (unpaired) electrons. The average molecular weight is 233 g/mol. The van der Waals surface area contributed by atoms with E-state index in [1.165, 1.54) is 11.3 Å². The van der Waals surface area contributed by atoms with Crippen molar-refractivity contribution >= 4 is 5.71 Å². The summed E-state index contributed by atoms with van der Waals surface area (Å²) in [6.07, 6.45) is 8.72. The second-order valence-electron chi connectivity index (χ2n) is 4.41. The molecule has 1 atom stereocenters. The van der Waals surface area contributed by atoms with E-state index in [2.05, 4.69) is 44.0 Å². The van der Waals surface area contributed by atoms with E-state index >= 15 is 0 Å². The molecule has 0 saturated carbocycles. The minimum absolute atomic E-state index is 0.433. The van der Waals surface area contributed by atoms with Crippen molar-refractivity contribution in [2.75, 3.05) is 0 Å². The lowest BCUT2D eigenvalue weighted by atomic mass is 9.91. The van der Waals surface area contributed by atoms with Crippen molar-refractivity contribution in [1.29, 1.82) is 0 Å². The third kappa shape index (κ3) is 5.16. The van der Waals surface area contributed by atoms with Crippen molar-refractivity contribution in [1.82, 2.24) is 0 Å². The first-order valence-corrected chi connectivity index (χ1v) is 6.66. The topological polar surface area (TPSA) is 12.4 Å². The lowest BCUT2D eigenvalue weighted by molar-refractivity contribution is 0.784. The molecular formula is C16H27N. The van der Waals surface area contributed by atoms with E-state index in [1.807, 2.05) is 33.8 Å². The Balaban J connectivity index is 0.00000121. The molecule has 1 aliphatic rings. The van der Waals surface area contributed by atoms with Gasteiger partial charge in [-0.2, -0.15) is 0 Å². The Morgan fingerprint density at radius 1 is 1.35 bits per heavy atom. The van der Waals surface area contributed by atoms with Gasteiger partial charge in [-0.15, -0.1) is 0 Å². The maximum atomic E-state index is 4.62. The standard InChI is InChI=1S/C14H21N.C2H6/c1-6-12(5)15-14-9-13(10(2)3)8-7-11(14)4;1-2/h6-11H,1-5H3;1-2H3/b12-6-,15-14?;. The molecule has 96 valence electrons. The summed E-state index contributed by atoms with van der Waals surface area (Å²) < 4.78 is 0. The molecular weight excluding hydrogens is 206 g/mol. The molecule has 0 N–H and O–H groups in total. The SMILES string of the molecule is C/C=C(/C)N=C1C=C(C(C)C)C=CC1C.CC. The number of nitrogens with zero attached hydrogens (tertiary/aromatic N) is 1. The van der Waals surface area contributed by atoms with E-state index in [9.17, 15) is 0 Å². The van der Waals surface area contributed by atoms with E-state index < -0.39 is 0 Å². The number of allylic oxidation sites excluding steroid dienone is 6. The van der Waals surface area contributed by atoms with Crippen LogP contribution in [0.4, 0.5) is 0 Å². The van der Waals surface area contributed by atoms with Gasteiger partial charge < -0.3 is 0 Å². The molecule has 1 unspecified atom stereocenters. The van der Waals surface area contributed by atoms with Crippen LogP contribution >= 0.6 is 0 Å². The molecule has 0 spiro atoms. The molecule has 0 heterocycles. The minimum Gasteiger partial charge on any atom is -0.258 e. The van der Waals surface area contributed by atoms with E-state index in [1.54, 1.807) is 0 Å². The molecule has 0 bridgehead atoms. The highest BCUT2D eigenvalue weighted by molar-refractivity contribution is 6.00. The van der Waals surface area contributed by atoms with Crippen LogP contribution < -0.4 is 0 Å². The zero-order valence-electron chi connectivity index (χ0n) is 12.4. The van der Waals surface area contributed by atoms with Crippen LogP contribution in [0, 0.1) is 11.8 Å². The Bertz CT molecular complexity index is 341. The Morgan fingerprint density at radius 2 is 1.94 bits per heavy atom. The molecule has 0 saturated heterocycles. The van der Waals surface area contributed by atoms with Gasteiger partial charge >= 0.3 is 0 Å². The quantitative estimate of drug-likeness (QED) is 0.624. The number of aliphatic imine (C=N–C) groups is 1. The first kappa shape index (κ1) is 15.9. The van der Waals surface area contributed by atoms with Gasteiger partial charge in [0.1, 0.15) is 0 Å². The monoisotopic (exact) mass is 233 g/mol. The summed E-state index contributed by atoms with van der Waals surface area (Å²) in [5.41, 5.74) is 3.64. The van der Waals surface area contributed by atoms with Crippen molar-refractivity contribution in [2.24, 2.45) is 16.8 Å². The fraction of sp³-hybridized carbons (Fsp3) is 0.562. The van der Waals surface area contributed by atoms with Gasteiger partial charge in [-0.25, -0.2) is 0 Å². The first-order chi connectivity index (χ1) is 8.04. The molecule has 1 aliphatic carbocycles. The Morgan fingerprint density at radius 3 is 2.41 bits per heavy atom. The maximum Gasteiger partial charge on any atom is 0.0475 e. The lowest BCUT2D eigenvalue weighted by Gasteiger charge is -2.17. The van der Waals surface area contributed by atoms with Gasteiger partial charge in [0.05, 0.1) is 0 Å². The molecule has 1 heteroatoms. The molecule has 0 fully saturated rings. The highest BCUT2D eigenvalue weighted by Crippen LogP contribution is 2.20. The second-order valence-corrected chi connectivity index (χ2v) is 4.41. The summed E-state index contributed by atoms with van der Waals surface area (Å²) in [6, 6.07) is 0. The van der Waals surface area contributed by atoms with Gasteiger partial charge in [-0.3, -0.25) is 4.99 Å². The van der Waals surface area contributed by atoms with Gasteiger partial charge in [0.15, 0.2) is 0 Å². The van der Waals surface area contributed by atoms with Crippen molar-refractivity contribution < 1.29 is 0 Å². The minimum atomic E-state index is 0.433. The highest BCUT2D eigenvalue weighted by Gasteiger charge is 2.12. The smallest absolute Gasteiger partial charge is 0.0475 e. The second kappa shape index (κ2) is 8.05. The number of hydrogen-bond acceptors (Lipinski definition) is 1. The van der Waals surface area contributed by atoms with Crippen LogP contribution in [-0.2, 0) is 0 Å². The molecule has 0 amide bonds. The van der Waals surface area contributed by atoms with Crippen LogP contribution in [-0.4, -0.2) is 5.71 Å². The third-order valence-electron chi connectivity index (χ3n) is 2.75. The van der Waals surface area contributed by atoms with Crippen molar-refractivity contribution in [3.05, 3.63) is 35.6 Å². The van der Waals surface area contributed by atoms with Gasteiger partial charge in [0.2, 0.25) is 0 Å². The first-order valence-electron chi connectivity index (χ1n) is 6.66.